The maximum atomic E-state index is 12.4. The van der Waals surface area contributed by atoms with Gasteiger partial charge in [-0.1, -0.05) is 0 Å². The van der Waals surface area contributed by atoms with E-state index < -0.39 is 5.97 Å². The van der Waals surface area contributed by atoms with E-state index in [0.29, 0.717) is 12.2 Å². The highest BCUT2D eigenvalue weighted by molar-refractivity contribution is 5.97. The van der Waals surface area contributed by atoms with Gasteiger partial charge in [0, 0.05) is 12.3 Å². The lowest BCUT2D eigenvalue weighted by atomic mass is 9.71. The van der Waals surface area contributed by atoms with Crippen molar-refractivity contribution in [1.82, 2.24) is 10.3 Å². The molecule has 1 aromatic rings. The molecule has 3 heterocycles. The lowest BCUT2D eigenvalue weighted by molar-refractivity contribution is -0.131. The van der Waals surface area contributed by atoms with Gasteiger partial charge in [0.15, 0.2) is 0 Å². The maximum Gasteiger partial charge on any atom is 0.328 e. The van der Waals surface area contributed by atoms with Crippen LogP contribution in [0.15, 0.2) is 18.3 Å². The van der Waals surface area contributed by atoms with Crippen molar-refractivity contribution in [2.24, 2.45) is 5.41 Å². The molecule has 0 saturated carbocycles. The minimum atomic E-state index is -0.990. The Bertz CT molecular complexity index is 619. The monoisotopic (exact) mass is 287 g/mol. The summed E-state index contributed by atoms with van der Waals surface area (Å²) >= 11 is 0. The number of carboxylic acids is 1. The second-order valence-corrected chi connectivity index (χ2v) is 5.61. The first-order valence-electron chi connectivity index (χ1n) is 7.01. The highest BCUT2D eigenvalue weighted by atomic mass is 16.4. The SMILES string of the molecule is O=C(O)C=Cc1cnc2c(c1)CC1(CCNCC1)C(=O)N2. The highest BCUT2D eigenvalue weighted by Crippen LogP contribution is 2.39. The predicted octanol–water partition coefficient (Wildman–Crippen LogP) is 1.04. The van der Waals surface area contributed by atoms with E-state index >= 15 is 0 Å². The van der Waals surface area contributed by atoms with E-state index in [0.717, 1.165) is 43.1 Å². The van der Waals surface area contributed by atoms with E-state index in [-0.39, 0.29) is 11.3 Å². The fraction of sp³-hybridized carbons (Fsp3) is 0.400. The Labute approximate surface area is 122 Å². The Morgan fingerprint density at radius 3 is 2.86 bits per heavy atom. The number of carbonyl (C=O) groups excluding carboxylic acids is 1. The molecule has 6 heteroatoms. The fourth-order valence-electron chi connectivity index (χ4n) is 3.03. The van der Waals surface area contributed by atoms with Crippen molar-refractivity contribution < 1.29 is 14.7 Å². The molecule has 3 N–H and O–H groups in total. The van der Waals surface area contributed by atoms with Crippen molar-refractivity contribution in [1.29, 1.82) is 0 Å². The summed E-state index contributed by atoms with van der Waals surface area (Å²) in [6.45, 7) is 1.68. The van der Waals surface area contributed by atoms with Crippen LogP contribution in [0.4, 0.5) is 5.82 Å². The number of anilines is 1. The molecule has 0 atom stereocenters. The first kappa shape index (κ1) is 13.8. The average molecular weight is 287 g/mol. The zero-order valence-corrected chi connectivity index (χ0v) is 11.6. The molecule has 1 saturated heterocycles. The number of aromatic nitrogens is 1. The third kappa shape index (κ3) is 2.67. The molecule has 110 valence electrons. The summed E-state index contributed by atoms with van der Waals surface area (Å²) in [4.78, 5) is 27.2. The Kier molecular flexibility index (Phi) is 3.47. The summed E-state index contributed by atoms with van der Waals surface area (Å²) in [5, 5.41) is 14.8. The van der Waals surface area contributed by atoms with Gasteiger partial charge in [0.2, 0.25) is 5.91 Å². The van der Waals surface area contributed by atoms with Gasteiger partial charge in [-0.2, -0.15) is 0 Å². The minimum absolute atomic E-state index is 0.0535. The Hall–Kier alpha value is -2.21. The molecule has 1 amide bonds. The summed E-state index contributed by atoms with van der Waals surface area (Å²) in [6, 6.07) is 1.91. The summed E-state index contributed by atoms with van der Waals surface area (Å²) in [7, 11) is 0. The largest absolute Gasteiger partial charge is 0.478 e. The third-order valence-electron chi connectivity index (χ3n) is 4.21. The number of fused-ring (bicyclic) bond motifs is 1. The summed E-state index contributed by atoms with van der Waals surface area (Å²) in [5.74, 6) is -0.342. The van der Waals surface area contributed by atoms with Crippen LogP contribution in [0.1, 0.15) is 24.0 Å². The third-order valence-corrected chi connectivity index (χ3v) is 4.21. The number of hydrogen-bond donors (Lipinski definition) is 3. The van der Waals surface area contributed by atoms with Crippen LogP contribution in [0, 0.1) is 5.41 Å². The number of amides is 1. The topological polar surface area (TPSA) is 91.3 Å². The molecular weight excluding hydrogens is 270 g/mol. The molecule has 0 unspecified atom stereocenters. The molecule has 6 nitrogen and oxygen atoms in total. The molecule has 1 aromatic heterocycles. The van der Waals surface area contributed by atoms with Gasteiger partial charge in [0.05, 0.1) is 5.41 Å². The van der Waals surface area contributed by atoms with E-state index in [1.807, 2.05) is 6.07 Å². The van der Waals surface area contributed by atoms with Crippen LogP contribution >= 0.6 is 0 Å². The number of carboxylic acid groups (broad SMARTS) is 1. The Morgan fingerprint density at radius 1 is 1.38 bits per heavy atom. The van der Waals surface area contributed by atoms with E-state index in [1.165, 1.54) is 6.08 Å². The van der Waals surface area contributed by atoms with E-state index in [4.69, 9.17) is 5.11 Å². The molecule has 21 heavy (non-hydrogen) atoms. The summed E-state index contributed by atoms with van der Waals surface area (Å²) < 4.78 is 0. The molecule has 1 fully saturated rings. The molecule has 3 rings (SSSR count). The average Bonchev–Trinajstić information content (AvgIpc) is 2.47. The first-order chi connectivity index (χ1) is 10.1. The number of nitrogens with one attached hydrogen (secondary N) is 2. The molecular formula is C15H17N3O3. The van der Waals surface area contributed by atoms with Crippen molar-refractivity contribution in [2.45, 2.75) is 19.3 Å². The van der Waals surface area contributed by atoms with Crippen molar-refractivity contribution in [3.05, 3.63) is 29.5 Å². The van der Waals surface area contributed by atoms with Gasteiger partial charge in [-0.25, -0.2) is 9.78 Å². The van der Waals surface area contributed by atoms with Gasteiger partial charge < -0.3 is 15.7 Å². The van der Waals surface area contributed by atoms with Crippen LogP contribution in [-0.2, 0) is 16.0 Å². The number of carbonyl (C=O) groups is 2. The minimum Gasteiger partial charge on any atom is -0.478 e. The molecule has 0 aromatic carbocycles. The molecule has 0 bridgehead atoms. The second kappa shape index (κ2) is 5.29. The molecule has 2 aliphatic heterocycles. The van der Waals surface area contributed by atoms with E-state index in [2.05, 4.69) is 15.6 Å². The molecule has 0 radical (unpaired) electrons. The number of aliphatic carboxylic acids is 1. The zero-order chi connectivity index (χ0) is 14.9. The zero-order valence-electron chi connectivity index (χ0n) is 11.6. The van der Waals surface area contributed by atoms with Gasteiger partial charge in [-0.05, 0) is 55.6 Å². The Balaban J connectivity index is 1.90. The van der Waals surface area contributed by atoms with Gasteiger partial charge in [-0.3, -0.25) is 4.79 Å². The van der Waals surface area contributed by atoms with Crippen LogP contribution < -0.4 is 10.6 Å². The summed E-state index contributed by atoms with van der Waals surface area (Å²) in [5.41, 5.74) is 1.36. The Morgan fingerprint density at radius 2 is 2.14 bits per heavy atom. The van der Waals surface area contributed by atoms with E-state index in [1.54, 1.807) is 6.20 Å². The van der Waals surface area contributed by atoms with Crippen LogP contribution in [0.25, 0.3) is 6.08 Å². The van der Waals surface area contributed by atoms with Gasteiger partial charge >= 0.3 is 5.97 Å². The molecule has 2 aliphatic rings. The lowest BCUT2D eigenvalue weighted by Crippen LogP contribution is -2.48. The maximum absolute atomic E-state index is 12.4. The highest BCUT2D eigenvalue weighted by Gasteiger charge is 2.43. The second-order valence-electron chi connectivity index (χ2n) is 5.61. The first-order valence-corrected chi connectivity index (χ1v) is 7.01. The van der Waals surface area contributed by atoms with Crippen molar-refractivity contribution in [3.8, 4) is 0 Å². The lowest BCUT2D eigenvalue weighted by Gasteiger charge is -2.39. The number of hydrogen-bond acceptors (Lipinski definition) is 4. The van der Waals surface area contributed by atoms with Gasteiger partial charge in [0.25, 0.3) is 0 Å². The number of piperidine rings is 1. The predicted molar refractivity (Wildman–Crippen MR) is 77.8 cm³/mol. The van der Waals surface area contributed by atoms with Crippen LogP contribution in [0.2, 0.25) is 0 Å². The van der Waals surface area contributed by atoms with Gasteiger partial charge in [0.1, 0.15) is 5.82 Å². The van der Waals surface area contributed by atoms with E-state index in [9.17, 15) is 9.59 Å². The molecule has 0 aliphatic carbocycles. The fourth-order valence-corrected chi connectivity index (χ4v) is 3.03. The van der Waals surface area contributed by atoms with Gasteiger partial charge in [-0.15, -0.1) is 0 Å². The van der Waals surface area contributed by atoms with Crippen LogP contribution in [0.3, 0.4) is 0 Å². The quantitative estimate of drug-likeness (QED) is 0.707. The van der Waals surface area contributed by atoms with Crippen LogP contribution in [-0.4, -0.2) is 35.1 Å². The smallest absolute Gasteiger partial charge is 0.328 e. The van der Waals surface area contributed by atoms with Crippen molar-refractivity contribution in [3.63, 3.8) is 0 Å². The summed E-state index contributed by atoms with van der Waals surface area (Å²) in [6.07, 6.45) is 6.46. The molecule has 1 spiro atoms. The normalized spacial score (nSPS) is 20.3. The number of pyridine rings is 1. The standard InChI is InChI=1S/C15H17N3O3/c19-12(20)2-1-10-7-11-8-15(3-5-16-6-4-15)14(21)18-13(11)17-9-10/h1-2,7,9,16H,3-6,8H2,(H,19,20)(H,17,18,21). The van der Waals surface area contributed by atoms with Crippen molar-refractivity contribution in [2.75, 3.05) is 18.4 Å². The number of rotatable bonds is 2. The van der Waals surface area contributed by atoms with Crippen LogP contribution in [0.5, 0.6) is 0 Å². The van der Waals surface area contributed by atoms with Crippen molar-refractivity contribution >= 4 is 23.8 Å². The number of nitrogens with zero attached hydrogens (tertiary/aromatic N) is 1.